The highest BCUT2D eigenvalue weighted by atomic mass is 32.1. The standard InChI is InChI=1S/C15H15FN2O3S/c1-9-13(8-22-18-9)14(19)17-7-12(15(20)21-2)10-3-5-11(16)6-4-10/h3-6,8,12H,7H2,1-2H3,(H,17,19)/t12-/m0/s1. The SMILES string of the molecule is COC(=O)[C@@H](CNC(=O)c1csnc1C)c1ccc(F)cc1. The van der Waals surface area contributed by atoms with E-state index in [0.29, 0.717) is 16.8 Å². The Morgan fingerprint density at radius 1 is 1.36 bits per heavy atom. The first-order valence-corrected chi connectivity index (χ1v) is 7.39. The number of methoxy groups -OCH3 is 1. The lowest BCUT2D eigenvalue weighted by Crippen LogP contribution is -2.32. The number of aromatic nitrogens is 1. The van der Waals surface area contributed by atoms with Gasteiger partial charge in [0.05, 0.1) is 24.3 Å². The van der Waals surface area contributed by atoms with Crippen LogP contribution in [0.1, 0.15) is 27.5 Å². The van der Waals surface area contributed by atoms with Crippen molar-refractivity contribution in [2.24, 2.45) is 0 Å². The molecule has 0 bridgehead atoms. The third-order valence-corrected chi connectivity index (χ3v) is 3.94. The molecule has 1 atom stereocenters. The molecule has 2 rings (SSSR count). The summed E-state index contributed by atoms with van der Waals surface area (Å²) in [4.78, 5) is 24.0. The van der Waals surface area contributed by atoms with Gasteiger partial charge in [0.1, 0.15) is 5.82 Å². The van der Waals surface area contributed by atoms with Crippen molar-refractivity contribution >= 4 is 23.4 Å². The zero-order chi connectivity index (χ0) is 16.1. The third-order valence-electron chi connectivity index (χ3n) is 3.22. The molecule has 2 aromatic rings. The lowest BCUT2D eigenvalue weighted by atomic mass is 9.99. The van der Waals surface area contributed by atoms with Gasteiger partial charge in [0.2, 0.25) is 0 Å². The van der Waals surface area contributed by atoms with E-state index in [2.05, 4.69) is 9.69 Å². The normalized spacial score (nSPS) is 11.8. The van der Waals surface area contributed by atoms with Gasteiger partial charge in [-0.05, 0) is 36.2 Å². The molecule has 1 amide bonds. The number of halogens is 1. The molecule has 0 aliphatic heterocycles. The Labute approximate surface area is 131 Å². The van der Waals surface area contributed by atoms with Crippen LogP contribution in [-0.2, 0) is 9.53 Å². The zero-order valence-corrected chi connectivity index (χ0v) is 12.9. The summed E-state index contributed by atoms with van der Waals surface area (Å²) in [6, 6.07) is 5.53. The number of nitrogens with zero attached hydrogens (tertiary/aromatic N) is 1. The number of nitrogens with one attached hydrogen (secondary N) is 1. The molecule has 0 saturated heterocycles. The van der Waals surface area contributed by atoms with Crippen LogP contribution in [-0.4, -0.2) is 29.9 Å². The maximum atomic E-state index is 13.0. The summed E-state index contributed by atoms with van der Waals surface area (Å²) in [5.74, 6) is -1.88. The molecule has 0 fully saturated rings. The summed E-state index contributed by atoms with van der Waals surface area (Å²) >= 11 is 1.19. The maximum Gasteiger partial charge on any atom is 0.314 e. The number of ether oxygens (including phenoxy) is 1. The molecule has 1 aromatic carbocycles. The van der Waals surface area contributed by atoms with E-state index in [4.69, 9.17) is 4.74 Å². The van der Waals surface area contributed by atoms with Gasteiger partial charge in [-0.2, -0.15) is 4.37 Å². The van der Waals surface area contributed by atoms with Gasteiger partial charge < -0.3 is 10.1 Å². The summed E-state index contributed by atoms with van der Waals surface area (Å²) in [5, 5.41) is 4.34. The smallest absolute Gasteiger partial charge is 0.314 e. The Bertz CT molecular complexity index is 670. The molecule has 5 nitrogen and oxygen atoms in total. The van der Waals surface area contributed by atoms with Crippen LogP contribution in [0.4, 0.5) is 4.39 Å². The van der Waals surface area contributed by atoms with Crippen LogP contribution in [0.5, 0.6) is 0 Å². The lowest BCUT2D eigenvalue weighted by Gasteiger charge is -2.15. The molecule has 0 unspecified atom stereocenters. The number of carbonyl (C=O) groups excluding carboxylic acids is 2. The number of hydrogen-bond acceptors (Lipinski definition) is 5. The number of hydrogen-bond donors (Lipinski definition) is 1. The van der Waals surface area contributed by atoms with Gasteiger partial charge in [0.15, 0.2) is 0 Å². The molecule has 0 radical (unpaired) electrons. The molecule has 1 aromatic heterocycles. The fourth-order valence-corrected chi connectivity index (χ4v) is 2.67. The predicted octanol–water partition coefficient (Wildman–Crippen LogP) is 2.28. The predicted molar refractivity (Wildman–Crippen MR) is 80.3 cm³/mol. The first-order chi connectivity index (χ1) is 10.5. The van der Waals surface area contributed by atoms with Crippen LogP contribution in [0.3, 0.4) is 0 Å². The first kappa shape index (κ1) is 16.1. The highest BCUT2D eigenvalue weighted by Gasteiger charge is 2.23. The van der Waals surface area contributed by atoms with Gasteiger partial charge in [0, 0.05) is 11.9 Å². The topological polar surface area (TPSA) is 68.3 Å². The van der Waals surface area contributed by atoms with Crippen molar-refractivity contribution in [1.29, 1.82) is 0 Å². The Hall–Kier alpha value is -2.28. The van der Waals surface area contributed by atoms with E-state index in [-0.39, 0.29) is 12.5 Å². The van der Waals surface area contributed by atoms with Crippen LogP contribution in [0.25, 0.3) is 0 Å². The highest BCUT2D eigenvalue weighted by molar-refractivity contribution is 7.03. The summed E-state index contributed by atoms with van der Waals surface area (Å²) in [6.45, 7) is 1.80. The minimum atomic E-state index is -0.693. The van der Waals surface area contributed by atoms with Crippen molar-refractivity contribution in [3.8, 4) is 0 Å². The summed E-state index contributed by atoms with van der Waals surface area (Å²) < 4.78 is 21.8. The summed E-state index contributed by atoms with van der Waals surface area (Å²) in [5.41, 5.74) is 1.69. The molecule has 1 heterocycles. The Morgan fingerprint density at radius 2 is 2.05 bits per heavy atom. The van der Waals surface area contributed by atoms with E-state index in [1.807, 2.05) is 0 Å². The molecule has 1 N–H and O–H groups in total. The fraction of sp³-hybridized carbons (Fsp3) is 0.267. The van der Waals surface area contributed by atoms with Crippen LogP contribution in [0.2, 0.25) is 0 Å². The van der Waals surface area contributed by atoms with Gasteiger partial charge in [-0.25, -0.2) is 4.39 Å². The average Bonchev–Trinajstić information content (AvgIpc) is 2.94. The van der Waals surface area contributed by atoms with E-state index in [0.717, 1.165) is 0 Å². The summed E-state index contributed by atoms with van der Waals surface area (Å²) in [6.07, 6.45) is 0. The number of aryl methyl sites for hydroxylation is 1. The number of esters is 1. The largest absolute Gasteiger partial charge is 0.468 e. The van der Waals surface area contributed by atoms with Crippen molar-refractivity contribution in [2.75, 3.05) is 13.7 Å². The van der Waals surface area contributed by atoms with Crippen LogP contribution in [0, 0.1) is 12.7 Å². The fourth-order valence-electron chi connectivity index (χ4n) is 1.97. The van der Waals surface area contributed by atoms with Gasteiger partial charge in [-0.3, -0.25) is 9.59 Å². The molecule has 116 valence electrons. The number of rotatable bonds is 5. The Balaban J connectivity index is 2.11. The molecule has 22 heavy (non-hydrogen) atoms. The van der Waals surface area contributed by atoms with Gasteiger partial charge in [0.25, 0.3) is 5.91 Å². The van der Waals surface area contributed by atoms with Gasteiger partial charge in [-0.15, -0.1) is 0 Å². The number of amides is 1. The molecule has 0 spiro atoms. The van der Waals surface area contributed by atoms with Crippen molar-refractivity contribution in [1.82, 2.24) is 9.69 Å². The third kappa shape index (κ3) is 3.67. The molecule has 0 aliphatic rings. The monoisotopic (exact) mass is 322 g/mol. The summed E-state index contributed by atoms with van der Waals surface area (Å²) in [7, 11) is 1.27. The van der Waals surface area contributed by atoms with Crippen LogP contribution < -0.4 is 5.32 Å². The van der Waals surface area contributed by atoms with Crippen molar-refractivity contribution < 1.29 is 18.7 Å². The molecular weight excluding hydrogens is 307 g/mol. The van der Waals surface area contributed by atoms with E-state index < -0.39 is 17.7 Å². The van der Waals surface area contributed by atoms with Crippen LogP contribution in [0.15, 0.2) is 29.6 Å². The molecular formula is C15H15FN2O3S. The maximum absolute atomic E-state index is 13.0. The van der Waals surface area contributed by atoms with E-state index >= 15 is 0 Å². The minimum Gasteiger partial charge on any atom is -0.468 e. The second-order valence-corrected chi connectivity index (χ2v) is 5.28. The Kier molecular flexibility index (Phi) is 5.21. The highest BCUT2D eigenvalue weighted by Crippen LogP contribution is 2.18. The molecule has 0 aliphatic carbocycles. The van der Waals surface area contributed by atoms with Gasteiger partial charge >= 0.3 is 5.97 Å². The van der Waals surface area contributed by atoms with Crippen LogP contribution >= 0.6 is 11.5 Å². The van der Waals surface area contributed by atoms with Crippen molar-refractivity contribution in [3.63, 3.8) is 0 Å². The lowest BCUT2D eigenvalue weighted by molar-refractivity contribution is -0.142. The minimum absolute atomic E-state index is 0.0619. The second kappa shape index (κ2) is 7.13. The number of benzene rings is 1. The quantitative estimate of drug-likeness (QED) is 0.858. The van der Waals surface area contributed by atoms with E-state index in [9.17, 15) is 14.0 Å². The van der Waals surface area contributed by atoms with Gasteiger partial charge in [-0.1, -0.05) is 12.1 Å². The van der Waals surface area contributed by atoms with Crippen molar-refractivity contribution in [3.05, 3.63) is 52.3 Å². The van der Waals surface area contributed by atoms with E-state index in [1.54, 1.807) is 12.3 Å². The van der Waals surface area contributed by atoms with Crippen molar-refractivity contribution in [2.45, 2.75) is 12.8 Å². The Morgan fingerprint density at radius 3 is 2.59 bits per heavy atom. The average molecular weight is 322 g/mol. The zero-order valence-electron chi connectivity index (χ0n) is 12.1. The number of carbonyl (C=O) groups is 2. The molecule has 7 heteroatoms. The first-order valence-electron chi connectivity index (χ1n) is 6.55. The molecule has 0 saturated carbocycles. The second-order valence-electron chi connectivity index (χ2n) is 4.65. The van der Waals surface area contributed by atoms with E-state index in [1.165, 1.54) is 42.9 Å².